The second-order valence-corrected chi connectivity index (χ2v) is 4.65. The van der Waals surface area contributed by atoms with Crippen LogP contribution in [0.4, 0.5) is 0 Å². The van der Waals surface area contributed by atoms with Crippen LogP contribution in [0.2, 0.25) is 0 Å². The van der Waals surface area contributed by atoms with Crippen molar-refractivity contribution in [1.82, 2.24) is 4.98 Å². The third kappa shape index (κ3) is 2.46. The van der Waals surface area contributed by atoms with E-state index in [1.807, 2.05) is 0 Å². The van der Waals surface area contributed by atoms with Crippen molar-refractivity contribution in [1.29, 1.82) is 0 Å². The van der Waals surface area contributed by atoms with Crippen molar-refractivity contribution in [3.05, 3.63) is 59.4 Å². The number of carbonyl (C=O) groups is 4. The van der Waals surface area contributed by atoms with Crippen molar-refractivity contribution in [3.8, 4) is 0 Å². The molecule has 1 heterocycles. The summed E-state index contributed by atoms with van der Waals surface area (Å²) in [6, 6.07) is 10.1. The van der Waals surface area contributed by atoms with Crippen LogP contribution in [0.1, 0.15) is 21.7 Å². The lowest BCUT2D eigenvalue weighted by molar-refractivity contribution is -0.168. The lowest BCUT2D eigenvalue weighted by Crippen LogP contribution is -2.51. The van der Waals surface area contributed by atoms with Crippen LogP contribution in [-0.4, -0.2) is 44.0 Å². The van der Waals surface area contributed by atoms with E-state index in [4.69, 9.17) is 15.3 Å². The molecule has 0 atom stereocenters. The Bertz CT molecular complexity index is 755. The van der Waals surface area contributed by atoms with Gasteiger partial charge in [-0.2, -0.15) is 0 Å². The molecule has 0 aliphatic carbocycles. The molecule has 8 nitrogen and oxygen atoms in total. The van der Waals surface area contributed by atoms with Crippen LogP contribution in [-0.2, 0) is 19.8 Å². The van der Waals surface area contributed by atoms with Crippen molar-refractivity contribution < 1.29 is 34.5 Å². The number of carboxylic acid groups (broad SMARTS) is 3. The molecule has 0 saturated heterocycles. The molecule has 1 aromatic carbocycles. The van der Waals surface area contributed by atoms with Gasteiger partial charge in [-0.3, -0.25) is 4.79 Å². The Morgan fingerprint density at radius 1 is 0.783 bits per heavy atom. The van der Waals surface area contributed by atoms with Crippen LogP contribution < -0.4 is 0 Å². The summed E-state index contributed by atoms with van der Waals surface area (Å²) in [5.41, 5.74) is -3.66. The Labute approximate surface area is 129 Å². The summed E-state index contributed by atoms with van der Waals surface area (Å²) in [5, 5.41) is 27.3. The first-order valence-corrected chi connectivity index (χ1v) is 6.31. The number of aliphatic carboxylic acids is 3. The number of aromatic amines is 1. The van der Waals surface area contributed by atoms with E-state index in [0.29, 0.717) is 0 Å². The lowest BCUT2D eigenvalue weighted by atomic mass is 9.85. The van der Waals surface area contributed by atoms with Gasteiger partial charge in [0.1, 0.15) is 0 Å². The molecule has 0 fully saturated rings. The second-order valence-electron chi connectivity index (χ2n) is 4.65. The number of H-pyrrole nitrogens is 1. The average Bonchev–Trinajstić information content (AvgIpc) is 2.96. The standard InChI is InChI=1S/C15H11NO7/c17-11(8-4-2-1-3-5-8)9-6-7-10(16-9)15(12(18)19,13(20)21)14(22)23/h1-7,16H,(H,18,19)(H,20,21)(H,22,23). The highest BCUT2D eigenvalue weighted by Crippen LogP contribution is 2.26. The van der Waals surface area contributed by atoms with Gasteiger partial charge in [-0.1, -0.05) is 30.3 Å². The van der Waals surface area contributed by atoms with Gasteiger partial charge in [0.05, 0.1) is 11.4 Å². The molecule has 2 aromatic rings. The van der Waals surface area contributed by atoms with E-state index >= 15 is 0 Å². The smallest absolute Gasteiger partial charge is 0.339 e. The van der Waals surface area contributed by atoms with Crippen LogP contribution in [0.15, 0.2) is 42.5 Å². The van der Waals surface area contributed by atoms with Gasteiger partial charge >= 0.3 is 17.9 Å². The minimum Gasteiger partial charge on any atom is -0.480 e. The summed E-state index contributed by atoms with van der Waals surface area (Å²) in [7, 11) is 0. The number of aromatic nitrogens is 1. The van der Waals surface area contributed by atoms with Crippen molar-refractivity contribution in [2.45, 2.75) is 5.41 Å². The first-order valence-electron chi connectivity index (χ1n) is 6.31. The number of hydrogen-bond acceptors (Lipinski definition) is 4. The number of ketones is 1. The summed E-state index contributed by atoms with van der Waals surface area (Å²) in [6.07, 6.45) is 0. The maximum Gasteiger partial charge on any atom is 0.339 e. The molecular weight excluding hydrogens is 306 g/mol. The zero-order valence-electron chi connectivity index (χ0n) is 11.5. The van der Waals surface area contributed by atoms with Crippen LogP contribution in [0, 0.1) is 0 Å². The molecule has 2 rings (SSSR count). The SMILES string of the molecule is O=C(c1ccccc1)c1ccc(C(C(=O)O)(C(=O)O)C(=O)O)[nH]1. The van der Waals surface area contributed by atoms with E-state index in [2.05, 4.69) is 4.98 Å². The quantitative estimate of drug-likeness (QED) is 0.454. The normalized spacial score (nSPS) is 11.0. The van der Waals surface area contributed by atoms with Crippen LogP contribution in [0.25, 0.3) is 0 Å². The van der Waals surface area contributed by atoms with Gasteiger partial charge in [0.2, 0.25) is 5.78 Å². The number of nitrogens with one attached hydrogen (secondary N) is 1. The molecule has 0 bridgehead atoms. The molecule has 1 aromatic heterocycles. The first-order chi connectivity index (χ1) is 10.8. The lowest BCUT2D eigenvalue weighted by Gasteiger charge is -2.18. The van der Waals surface area contributed by atoms with Crippen molar-refractivity contribution >= 4 is 23.7 Å². The maximum atomic E-state index is 12.2. The molecular formula is C15H11NO7. The number of benzene rings is 1. The minimum atomic E-state index is -3.21. The van der Waals surface area contributed by atoms with Gasteiger partial charge in [0.25, 0.3) is 5.41 Å². The van der Waals surface area contributed by atoms with Gasteiger partial charge in [-0.25, -0.2) is 14.4 Å². The zero-order valence-corrected chi connectivity index (χ0v) is 11.5. The second kappa shape index (κ2) is 5.76. The Morgan fingerprint density at radius 3 is 1.78 bits per heavy atom. The van der Waals surface area contributed by atoms with Gasteiger partial charge in [0, 0.05) is 5.56 Å². The predicted octanol–water partition coefficient (Wildman–Crippen LogP) is 0.737. The zero-order chi connectivity index (χ0) is 17.2. The van der Waals surface area contributed by atoms with E-state index in [9.17, 15) is 19.2 Å². The first kappa shape index (κ1) is 16.0. The summed E-state index contributed by atoms with van der Waals surface area (Å²) in [6.45, 7) is 0. The van der Waals surface area contributed by atoms with Gasteiger partial charge in [0.15, 0.2) is 0 Å². The van der Waals surface area contributed by atoms with Crippen LogP contribution in [0.5, 0.6) is 0 Å². The van der Waals surface area contributed by atoms with Crippen molar-refractivity contribution in [2.75, 3.05) is 0 Å². The molecule has 4 N–H and O–H groups in total. The number of rotatable bonds is 6. The Morgan fingerprint density at radius 2 is 1.30 bits per heavy atom. The number of carbonyl (C=O) groups excluding carboxylic acids is 1. The van der Waals surface area contributed by atoms with Crippen LogP contribution >= 0.6 is 0 Å². The summed E-state index contributed by atoms with van der Waals surface area (Å²) < 4.78 is 0. The fourth-order valence-corrected chi connectivity index (χ4v) is 2.11. The van der Waals surface area contributed by atoms with Crippen molar-refractivity contribution in [3.63, 3.8) is 0 Å². The van der Waals surface area contributed by atoms with Crippen molar-refractivity contribution in [2.24, 2.45) is 0 Å². The number of carboxylic acids is 3. The highest BCUT2D eigenvalue weighted by Gasteiger charge is 2.57. The van der Waals surface area contributed by atoms with E-state index in [-0.39, 0.29) is 11.3 Å². The molecule has 0 spiro atoms. The minimum absolute atomic E-state index is 0.112. The summed E-state index contributed by atoms with van der Waals surface area (Å²) in [5.74, 6) is -6.74. The van der Waals surface area contributed by atoms with E-state index in [0.717, 1.165) is 12.1 Å². The predicted molar refractivity (Wildman–Crippen MR) is 75.3 cm³/mol. The highest BCUT2D eigenvalue weighted by atomic mass is 16.4. The monoisotopic (exact) mass is 317 g/mol. The van der Waals surface area contributed by atoms with E-state index in [1.54, 1.807) is 18.2 Å². The average molecular weight is 317 g/mol. The Kier molecular flexibility index (Phi) is 4.00. The largest absolute Gasteiger partial charge is 0.480 e. The Balaban J connectivity index is 2.52. The molecule has 0 radical (unpaired) electrons. The third-order valence-electron chi connectivity index (χ3n) is 3.33. The maximum absolute atomic E-state index is 12.2. The fraction of sp³-hybridized carbons (Fsp3) is 0.0667. The molecule has 0 aliphatic heterocycles. The topological polar surface area (TPSA) is 145 Å². The Hall–Kier alpha value is -3.42. The highest BCUT2D eigenvalue weighted by molar-refractivity contribution is 6.22. The summed E-state index contributed by atoms with van der Waals surface area (Å²) >= 11 is 0. The van der Waals surface area contributed by atoms with E-state index < -0.39 is 34.8 Å². The molecule has 23 heavy (non-hydrogen) atoms. The molecule has 0 unspecified atom stereocenters. The fourth-order valence-electron chi connectivity index (χ4n) is 2.11. The third-order valence-corrected chi connectivity index (χ3v) is 3.33. The van der Waals surface area contributed by atoms with Gasteiger partial charge in [-0.15, -0.1) is 0 Å². The molecule has 0 amide bonds. The summed E-state index contributed by atoms with van der Waals surface area (Å²) in [4.78, 5) is 48.4. The molecule has 0 saturated carbocycles. The number of hydrogen-bond donors (Lipinski definition) is 4. The van der Waals surface area contributed by atoms with Gasteiger partial charge in [-0.05, 0) is 12.1 Å². The van der Waals surface area contributed by atoms with Crippen LogP contribution in [0.3, 0.4) is 0 Å². The molecule has 0 aliphatic rings. The van der Waals surface area contributed by atoms with E-state index in [1.165, 1.54) is 12.1 Å². The molecule has 8 heteroatoms. The van der Waals surface area contributed by atoms with Gasteiger partial charge < -0.3 is 20.3 Å². The molecule has 118 valence electrons.